The molecule has 3 aliphatic carbocycles. The van der Waals surface area contributed by atoms with E-state index in [4.69, 9.17) is 13.6 Å². The summed E-state index contributed by atoms with van der Waals surface area (Å²) in [5.41, 5.74) is -6.07. The first-order valence-electron chi connectivity index (χ1n) is 14.5. The van der Waals surface area contributed by atoms with E-state index < -0.39 is 86.5 Å². The summed E-state index contributed by atoms with van der Waals surface area (Å²) in [5, 5.41) is 36.7. The summed E-state index contributed by atoms with van der Waals surface area (Å²) in [6.45, 7) is 23.7. The molecule has 4 fully saturated rings. The van der Waals surface area contributed by atoms with Crippen LogP contribution in [0.25, 0.3) is 0 Å². The summed E-state index contributed by atoms with van der Waals surface area (Å²) in [7, 11) is -4.57. The van der Waals surface area contributed by atoms with E-state index in [0.717, 1.165) is 0 Å². The lowest BCUT2D eigenvalue weighted by Gasteiger charge is -2.68. The fourth-order valence-corrected chi connectivity index (χ4v) is 10.5. The summed E-state index contributed by atoms with van der Waals surface area (Å²) in [5.74, 6) is -3.57. The van der Waals surface area contributed by atoms with Crippen LogP contribution in [-0.2, 0) is 23.2 Å². The molecule has 1 aliphatic heterocycles. The second kappa shape index (κ2) is 9.02. The number of carbonyl (C=O) groups is 2. The molecule has 224 valence electrons. The summed E-state index contributed by atoms with van der Waals surface area (Å²) >= 11 is 0. The number of rotatable bonds is 4. The maximum atomic E-state index is 14.6. The highest BCUT2D eigenvalue weighted by molar-refractivity contribution is 6.74. The largest absolute Gasteiger partial charge is 0.414 e. The lowest BCUT2D eigenvalue weighted by atomic mass is 9.42. The minimum atomic E-state index is -2.46. The van der Waals surface area contributed by atoms with Crippen molar-refractivity contribution < 1.29 is 38.5 Å². The number of ether oxygens (including phenoxy) is 1. The van der Waals surface area contributed by atoms with Crippen LogP contribution in [-0.4, -0.2) is 85.7 Å². The lowest BCUT2D eigenvalue weighted by molar-refractivity contribution is -0.347. The number of carbonyl (C=O) groups excluding carboxylic acids is 2. The molecule has 1 saturated heterocycles. The van der Waals surface area contributed by atoms with E-state index in [1.54, 1.807) is 20.8 Å². The zero-order valence-electron chi connectivity index (χ0n) is 26.0. The third kappa shape index (κ3) is 4.34. The van der Waals surface area contributed by atoms with Gasteiger partial charge in [-0.15, -0.1) is 0 Å². The Kier molecular flexibility index (Phi) is 7.28. The van der Waals surface area contributed by atoms with Gasteiger partial charge in [0.2, 0.25) is 11.6 Å². The van der Waals surface area contributed by atoms with Crippen molar-refractivity contribution in [2.24, 2.45) is 28.6 Å². The van der Waals surface area contributed by atoms with Crippen molar-refractivity contribution in [1.82, 2.24) is 0 Å². The molecule has 10 heteroatoms. The van der Waals surface area contributed by atoms with Gasteiger partial charge in [-0.2, -0.15) is 0 Å². The molecule has 0 aromatic carbocycles. The van der Waals surface area contributed by atoms with Crippen LogP contribution < -0.4 is 0 Å². The lowest BCUT2D eigenvalue weighted by Crippen LogP contribution is -2.82. The highest BCUT2D eigenvalue weighted by Gasteiger charge is 2.77. The highest BCUT2D eigenvalue weighted by atomic mass is 28.4. The summed E-state index contributed by atoms with van der Waals surface area (Å²) in [4.78, 5) is 29.0. The minimum absolute atomic E-state index is 0.0750. The third-order valence-corrected chi connectivity index (χ3v) is 16.9. The molecule has 0 radical (unpaired) electrons. The number of aliphatic hydroxyl groups is 3. The van der Waals surface area contributed by atoms with Crippen molar-refractivity contribution >= 4 is 28.2 Å². The normalized spacial score (nSPS) is 46.5. The van der Waals surface area contributed by atoms with Gasteiger partial charge in [0.25, 0.3) is 0 Å². The smallest absolute Gasteiger partial charge is 0.207 e. The molecule has 10 atom stereocenters. The van der Waals surface area contributed by atoms with Crippen LogP contribution in [0, 0.1) is 28.6 Å². The fraction of sp³-hybridized carbons (Fsp3) is 0.931. The number of hydrogen-bond donors (Lipinski definition) is 3. The number of hydrogen-bond acceptors (Lipinski definition) is 8. The van der Waals surface area contributed by atoms with Crippen LogP contribution in [0.5, 0.6) is 0 Å². The zero-order chi connectivity index (χ0) is 29.9. The van der Waals surface area contributed by atoms with E-state index in [9.17, 15) is 24.9 Å². The van der Waals surface area contributed by atoms with Gasteiger partial charge in [-0.05, 0) is 50.6 Å². The van der Waals surface area contributed by atoms with Crippen molar-refractivity contribution in [1.29, 1.82) is 0 Å². The van der Waals surface area contributed by atoms with Crippen LogP contribution >= 0.6 is 0 Å². The standard InChI is InChI=1S/C29H52O8Si2/c1-16-17(36-38(8,9)10)14-29(34)24(32)22-27(7,23(31)21(30)20(16)26(29,5)6)18(13-19-28(22,33)15-35-19)37-39(11,12)25(2,3)4/h16-20,22,24,32-34H,13-15H2,1-12H3/t16?,17-,18-,19+,20?,22-,24-,27+,28-,29+/m0/s1. The van der Waals surface area contributed by atoms with Crippen molar-refractivity contribution in [2.45, 2.75) is 135 Å². The van der Waals surface area contributed by atoms with Crippen molar-refractivity contribution in [3.63, 3.8) is 0 Å². The van der Waals surface area contributed by atoms with E-state index in [-0.39, 0.29) is 30.4 Å². The van der Waals surface area contributed by atoms with E-state index in [2.05, 4.69) is 33.9 Å². The van der Waals surface area contributed by atoms with Crippen molar-refractivity contribution in [2.75, 3.05) is 6.61 Å². The molecule has 1 heterocycles. The number of fused-ring (bicyclic) bond motifs is 5. The molecule has 8 nitrogen and oxygen atoms in total. The van der Waals surface area contributed by atoms with Gasteiger partial charge in [0.15, 0.2) is 16.6 Å². The average Bonchev–Trinajstić information content (AvgIpc) is 2.75. The minimum Gasteiger partial charge on any atom is -0.414 e. The first kappa shape index (κ1) is 31.5. The molecule has 3 saturated carbocycles. The summed E-state index contributed by atoms with van der Waals surface area (Å²) in [6.07, 6.45) is -3.10. The van der Waals surface area contributed by atoms with Gasteiger partial charge in [0.1, 0.15) is 5.60 Å². The molecule has 2 bridgehead atoms. The Morgan fingerprint density at radius 1 is 1.00 bits per heavy atom. The quantitative estimate of drug-likeness (QED) is 0.338. The molecule has 0 amide bonds. The Morgan fingerprint density at radius 2 is 1.56 bits per heavy atom. The molecule has 2 unspecified atom stereocenters. The zero-order valence-corrected chi connectivity index (χ0v) is 28.0. The van der Waals surface area contributed by atoms with Crippen LogP contribution in [0.2, 0.25) is 37.8 Å². The van der Waals surface area contributed by atoms with Crippen LogP contribution in [0.4, 0.5) is 0 Å². The molecular formula is C29H52O8Si2. The average molecular weight is 585 g/mol. The predicted molar refractivity (Wildman–Crippen MR) is 153 cm³/mol. The van der Waals surface area contributed by atoms with Gasteiger partial charge >= 0.3 is 0 Å². The summed E-state index contributed by atoms with van der Waals surface area (Å²) < 4.78 is 19.2. The van der Waals surface area contributed by atoms with Gasteiger partial charge in [0, 0.05) is 30.1 Å². The highest BCUT2D eigenvalue weighted by Crippen LogP contribution is 2.63. The Balaban J connectivity index is 1.93. The molecule has 0 spiro atoms. The maximum absolute atomic E-state index is 14.6. The van der Waals surface area contributed by atoms with Gasteiger partial charge in [0.05, 0.1) is 42.0 Å². The number of Topliss-reactive ketones (excluding diaryl/α,β-unsaturated/α-hetero) is 2. The Labute approximate surface area is 236 Å². The van der Waals surface area contributed by atoms with Gasteiger partial charge in [-0.25, -0.2) is 0 Å². The topological polar surface area (TPSA) is 123 Å². The molecule has 3 N–H and O–H groups in total. The molecule has 0 aromatic heterocycles. The number of aliphatic hydroxyl groups excluding tert-OH is 1. The first-order valence-corrected chi connectivity index (χ1v) is 20.9. The monoisotopic (exact) mass is 584 g/mol. The SMILES string of the molecule is CC1C2C(=O)C(=O)[C@]3(C)[C@@H](O[Si](C)(C)C(C)(C)C)C[C@H]4OC[C@@]4(O)[C@H]3[C@H](O)[C@](O)(C[C@@H]1O[Si](C)(C)C)C2(C)C. The third-order valence-electron chi connectivity index (χ3n) is 11.4. The van der Waals surface area contributed by atoms with E-state index in [0.29, 0.717) is 0 Å². The number of ketones is 2. The Bertz CT molecular complexity index is 1030. The first-order chi connectivity index (χ1) is 17.4. The molecular weight excluding hydrogens is 532 g/mol. The molecule has 0 aromatic rings. The second-order valence-electron chi connectivity index (χ2n) is 16.2. The summed E-state index contributed by atoms with van der Waals surface area (Å²) in [6, 6.07) is 0. The molecule has 4 rings (SSSR count). The van der Waals surface area contributed by atoms with Crippen LogP contribution in [0.3, 0.4) is 0 Å². The van der Waals surface area contributed by atoms with E-state index in [1.807, 2.05) is 26.6 Å². The molecule has 39 heavy (non-hydrogen) atoms. The Morgan fingerprint density at radius 3 is 2.03 bits per heavy atom. The predicted octanol–water partition coefficient (Wildman–Crippen LogP) is 3.68. The van der Waals surface area contributed by atoms with Gasteiger partial charge in [-0.3, -0.25) is 9.59 Å². The van der Waals surface area contributed by atoms with Crippen LogP contribution in [0.15, 0.2) is 0 Å². The molecule has 4 aliphatic rings. The van der Waals surface area contributed by atoms with Crippen molar-refractivity contribution in [3.05, 3.63) is 0 Å². The van der Waals surface area contributed by atoms with Crippen LogP contribution in [0.1, 0.15) is 61.3 Å². The van der Waals surface area contributed by atoms with E-state index in [1.165, 1.54) is 0 Å². The fourth-order valence-electron chi connectivity index (χ4n) is 7.94. The van der Waals surface area contributed by atoms with Crippen molar-refractivity contribution in [3.8, 4) is 0 Å². The van der Waals surface area contributed by atoms with E-state index >= 15 is 0 Å². The Hall–Kier alpha value is -0.466. The second-order valence-corrected chi connectivity index (χ2v) is 25.5. The van der Waals surface area contributed by atoms with Gasteiger partial charge in [-0.1, -0.05) is 41.5 Å². The van der Waals surface area contributed by atoms with Gasteiger partial charge < -0.3 is 28.9 Å². The maximum Gasteiger partial charge on any atom is 0.207 e.